The van der Waals surface area contributed by atoms with Crippen LogP contribution in [0.1, 0.15) is 31.7 Å². The lowest BCUT2D eigenvalue weighted by molar-refractivity contribution is -0.384. The summed E-state index contributed by atoms with van der Waals surface area (Å²) in [4.78, 5) is 31.7. The predicted octanol–water partition coefficient (Wildman–Crippen LogP) is 1.64. The first-order valence-electron chi connectivity index (χ1n) is 8.73. The molecule has 1 unspecified atom stereocenters. The van der Waals surface area contributed by atoms with Crippen molar-refractivity contribution in [3.05, 3.63) is 39.9 Å². The van der Waals surface area contributed by atoms with Gasteiger partial charge in [0.05, 0.1) is 4.92 Å². The second-order valence-electron chi connectivity index (χ2n) is 6.14. The molecule has 9 nitrogen and oxygen atoms in total. The van der Waals surface area contributed by atoms with E-state index in [0.717, 1.165) is 12.0 Å². The molecule has 0 amide bonds. The van der Waals surface area contributed by atoms with Gasteiger partial charge < -0.3 is 20.8 Å². The Labute approximate surface area is 153 Å². The van der Waals surface area contributed by atoms with Gasteiger partial charge in [0.2, 0.25) is 0 Å². The van der Waals surface area contributed by atoms with Crippen molar-refractivity contribution in [2.75, 3.05) is 26.2 Å². The zero-order valence-electron chi connectivity index (χ0n) is 15.1. The van der Waals surface area contributed by atoms with Crippen LogP contribution in [-0.4, -0.2) is 51.6 Å². The lowest BCUT2D eigenvalue weighted by Crippen LogP contribution is -2.40. The van der Waals surface area contributed by atoms with Crippen LogP contribution in [0.5, 0.6) is 0 Å². The summed E-state index contributed by atoms with van der Waals surface area (Å²) in [6.45, 7) is 4.38. The second-order valence-corrected chi connectivity index (χ2v) is 7.92. The lowest BCUT2D eigenvalue weighted by atomic mass is 10.1. The van der Waals surface area contributed by atoms with E-state index in [0.29, 0.717) is 45.6 Å². The monoisotopic (exact) mass is 388 g/mol. The number of rotatable bonds is 13. The third-order valence-corrected chi connectivity index (χ3v) is 5.42. The van der Waals surface area contributed by atoms with E-state index in [-0.39, 0.29) is 5.69 Å². The van der Waals surface area contributed by atoms with Crippen LogP contribution < -0.4 is 11.1 Å². The average Bonchev–Trinajstić information content (AvgIpc) is 2.58. The van der Waals surface area contributed by atoms with Crippen LogP contribution in [0.3, 0.4) is 0 Å². The van der Waals surface area contributed by atoms with Crippen molar-refractivity contribution in [3.63, 3.8) is 0 Å². The lowest BCUT2D eigenvalue weighted by Gasteiger charge is -2.32. The molecular weight excluding hydrogens is 359 g/mol. The minimum Gasteiger partial charge on any atom is -0.329 e. The SMILES string of the molecule is CCCCC(N(CCNCCN)Cc1ccc([N+](=O)[O-])cc1)P(=O)(O)O. The van der Waals surface area contributed by atoms with Crippen molar-refractivity contribution in [3.8, 4) is 0 Å². The molecule has 5 N–H and O–H groups in total. The van der Waals surface area contributed by atoms with Crippen molar-refractivity contribution in [1.29, 1.82) is 0 Å². The third-order valence-electron chi connectivity index (χ3n) is 4.06. The number of hydrogen-bond acceptors (Lipinski definition) is 6. The third kappa shape index (κ3) is 7.90. The van der Waals surface area contributed by atoms with Crippen LogP contribution in [0.15, 0.2) is 24.3 Å². The molecule has 0 aliphatic carbocycles. The molecule has 1 aromatic rings. The summed E-state index contributed by atoms with van der Waals surface area (Å²) in [6, 6.07) is 6.04. The van der Waals surface area contributed by atoms with E-state index >= 15 is 0 Å². The molecule has 10 heteroatoms. The molecule has 0 aliphatic rings. The standard InChI is InChI=1S/C16H29N4O5P/c1-2-3-4-16(26(23,24)25)19(12-11-18-10-9-17)13-14-5-7-15(8-6-14)20(21)22/h5-8,16,18H,2-4,9-13,17H2,1H3,(H2,23,24,25). The largest absolute Gasteiger partial charge is 0.342 e. The molecule has 0 saturated heterocycles. The Morgan fingerprint density at radius 2 is 1.96 bits per heavy atom. The summed E-state index contributed by atoms with van der Waals surface area (Å²) in [6.07, 6.45) is 1.95. The van der Waals surface area contributed by atoms with Crippen molar-refractivity contribution < 1.29 is 19.3 Å². The Morgan fingerprint density at radius 3 is 2.46 bits per heavy atom. The number of nitrogens with zero attached hydrogens (tertiary/aromatic N) is 2. The van der Waals surface area contributed by atoms with Crippen molar-refractivity contribution >= 4 is 13.3 Å². The molecule has 0 aliphatic heterocycles. The van der Waals surface area contributed by atoms with E-state index in [1.165, 1.54) is 12.1 Å². The summed E-state index contributed by atoms with van der Waals surface area (Å²) < 4.78 is 12.0. The molecule has 148 valence electrons. The fourth-order valence-electron chi connectivity index (χ4n) is 2.69. The molecule has 0 saturated carbocycles. The highest BCUT2D eigenvalue weighted by molar-refractivity contribution is 7.52. The van der Waals surface area contributed by atoms with Gasteiger partial charge in [-0.25, -0.2) is 0 Å². The molecule has 0 radical (unpaired) electrons. The number of nitro benzene ring substituents is 1. The molecule has 0 aromatic heterocycles. The van der Waals surface area contributed by atoms with Gasteiger partial charge in [0.15, 0.2) is 0 Å². The van der Waals surface area contributed by atoms with Gasteiger partial charge in [-0.3, -0.25) is 19.6 Å². The Hall–Kier alpha value is -1.35. The van der Waals surface area contributed by atoms with Gasteiger partial charge in [0.25, 0.3) is 5.69 Å². The fraction of sp³-hybridized carbons (Fsp3) is 0.625. The highest BCUT2D eigenvalue weighted by atomic mass is 31.2. The van der Waals surface area contributed by atoms with E-state index in [9.17, 15) is 24.5 Å². The summed E-state index contributed by atoms with van der Waals surface area (Å²) in [5.74, 6) is -0.877. The maximum atomic E-state index is 12.0. The van der Waals surface area contributed by atoms with Gasteiger partial charge >= 0.3 is 7.60 Å². The Morgan fingerprint density at radius 1 is 1.31 bits per heavy atom. The van der Waals surface area contributed by atoms with Crippen molar-refractivity contribution in [2.24, 2.45) is 5.73 Å². The summed E-state index contributed by atoms with van der Waals surface area (Å²) in [5.41, 5.74) is 6.20. The van der Waals surface area contributed by atoms with Gasteiger partial charge in [0.1, 0.15) is 5.78 Å². The molecular formula is C16H29N4O5P. The number of benzene rings is 1. The summed E-state index contributed by atoms with van der Waals surface area (Å²) in [7, 11) is -4.31. The smallest absolute Gasteiger partial charge is 0.329 e. The van der Waals surface area contributed by atoms with Gasteiger partial charge in [-0.15, -0.1) is 0 Å². The van der Waals surface area contributed by atoms with Crippen LogP contribution in [0.4, 0.5) is 5.69 Å². The minimum atomic E-state index is -4.31. The molecule has 1 aromatic carbocycles. The first-order chi connectivity index (χ1) is 12.3. The maximum Gasteiger partial charge on any atom is 0.342 e. The zero-order valence-corrected chi connectivity index (χ0v) is 16.0. The van der Waals surface area contributed by atoms with Gasteiger partial charge in [-0.2, -0.15) is 0 Å². The first kappa shape index (κ1) is 22.7. The maximum absolute atomic E-state index is 12.0. The topological polar surface area (TPSA) is 142 Å². The number of nitrogens with two attached hydrogens (primary N) is 1. The molecule has 0 bridgehead atoms. The molecule has 0 spiro atoms. The van der Waals surface area contributed by atoms with Crippen LogP contribution in [0.25, 0.3) is 0 Å². The van der Waals surface area contributed by atoms with Crippen molar-refractivity contribution in [1.82, 2.24) is 10.2 Å². The number of hydrogen-bond donors (Lipinski definition) is 4. The molecule has 1 atom stereocenters. The van der Waals surface area contributed by atoms with Crippen LogP contribution >= 0.6 is 7.60 Å². The van der Waals surface area contributed by atoms with Crippen LogP contribution in [0, 0.1) is 10.1 Å². The minimum absolute atomic E-state index is 0.0116. The van der Waals surface area contributed by atoms with Gasteiger partial charge in [-0.05, 0) is 12.0 Å². The zero-order chi connectivity index (χ0) is 19.6. The van der Waals surface area contributed by atoms with Crippen LogP contribution in [-0.2, 0) is 11.1 Å². The van der Waals surface area contributed by atoms with E-state index in [4.69, 9.17) is 5.73 Å². The normalized spacial score (nSPS) is 13.1. The van der Waals surface area contributed by atoms with Crippen LogP contribution in [0.2, 0.25) is 0 Å². The Kier molecular flexibility index (Phi) is 9.93. The van der Waals surface area contributed by atoms with Crippen molar-refractivity contribution in [2.45, 2.75) is 38.5 Å². The molecule has 1 rings (SSSR count). The van der Waals surface area contributed by atoms with Gasteiger partial charge in [0, 0.05) is 44.9 Å². The Bertz CT molecular complexity index is 593. The highest BCUT2D eigenvalue weighted by Crippen LogP contribution is 2.45. The predicted molar refractivity (Wildman–Crippen MR) is 101 cm³/mol. The highest BCUT2D eigenvalue weighted by Gasteiger charge is 2.33. The number of nitrogens with one attached hydrogen (secondary N) is 1. The van der Waals surface area contributed by atoms with E-state index in [1.54, 1.807) is 17.0 Å². The quantitative estimate of drug-likeness (QED) is 0.173. The van der Waals surface area contributed by atoms with E-state index in [1.807, 2.05) is 6.92 Å². The van der Waals surface area contributed by atoms with E-state index < -0.39 is 18.3 Å². The van der Waals surface area contributed by atoms with Gasteiger partial charge in [-0.1, -0.05) is 31.9 Å². The summed E-state index contributed by atoms with van der Waals surface area (Å²) >= 11 is 0. The second kappa shape index (κ2) is 11.4. The molecule has 0 heterocycles. The summed E-state index contributed by atoms with van der Waals surface area (Å²) in [5, 5.41) is 13.9. The fourth-order valence-corrected chi connectivity index (χ4v) is 3.83. The Balaban J connectivity index is 2.93. The number of unbranched alkanes of at least 4 members (excludes halogenated alkanes) is 1. The average molecular weight is 388 g/mol. The molecule has 26 heavy (non-hydrogen) atoms. The number of nitro groups is 1. The number of non-ortho nitro benzene ring substituents is 1. The van der Waals surface area contributed by atoms with E-state index in [2.05, 4.69) is 5.32 Å². The molecule has 0 fully saturated rings. The first-order valence-corrected chi connectivity index (χ1v) is 10.4.